The molecule has 3 aliphatic rings. The number of Topliss-reactive ketones (excluding diaryl/α,β-unsaturated/α-hetero) is 1. The molecule has 6 nitrogen and oxygen atoms in total. The lowest BCUT2D eigenvalue weighted by Crippen LogP contribution is -3.00. The minimum atomic E-state index is 0. The Morgan fingerprint density at radius 1 is 1.08 bits per heavy atom. The normalized spacial score (nSPS) is 16.2. The number of hydrogen-bond donors (Lipinski definition) is 0. The highest BCUT2D eigenvalue weighted by Crippen LogP contribution is 2.39. The fourth-order valence-corrected chi connectivity index (χ4v) is 3.38. The zero-order valence-corrected chi connectivity index (χ0v) is 14.9. The van der Waals surface area contributed by atoms with Gasteiger partial charge in [-0.1, -0.05) is 12.1 Å². The molecular weight excluding hydrogens is 386 g/mol. The molecule has 0 N–H and O–H groups in total. The van der Waals surface area contributed by atoms with Crippen molar-refractivity contribution in [1.29, 1.82) is 0 Å². The average molecular weight is 401 g/mol. The van der Waals surface area contributed by atoms with Crippen LogP contribution in [0.15, 0.2) is 47.5 Å². The number of halogens is 1. The molecule has 0 fully saturated rings. The maximum absolute atomic E-state index is 12.8. The number of carbonyl (C=O) groups is 1. The number of carbonyl (C=O) groups excluding carboxylic acids is 1. The SMILES string of the molecule is O=C(CN1C2=NCCN2c2ccccc21)c1ccc2c(c1)OCO2.[Br-]. The van der Waals surface area contributed by atoms with E-state index in [0.717, 1.165) is 30.4 Å². The quantitative estimate of drug-likeness (QED) is 0.637. The molecule has 0 radical (unpaired) electrons. The summed E-state index contributed by atoms with van der Waals surface area (Å²) in [5, 5.41) is 0. The molecule has 0 aliphatic carbocycles. The Morgan fingerprint density at radius 3 is 2.76 bits per heavy atom. The summed E-state index contributed by atoms with van der Waals surface area (Å²) in [6.45, 7) is 2.09. The van der Waals surface area contributed by atoms with Gasteiger partial charge in [-0.25, -0.2) is 0 Å². The largest absolute Gasteiger partial charge is 1.00 e. The van der Waals surface area contributed by atoms with E-state index < -0.39 is 0 Å². The van der Waals surface area contributed by atoms with Gasteiger partial charge in [0.15, 0.2) is 17.3 Å². The highest BCUT2D eigenvalue weighted by atomic mass is 79.9. The van der Waals surface area contributed by atoms with E-state index in [0.29, 0.717) is 17.1 Å². The highest BCUT2D eigenvalue weighted by molar-refractivity contribution is 6.20. The van der Waals surface area contributed by atoms with Crippen LogP contribution in [0.5, 0.6) is 11.5 Å². The number of fused-ring (bicyclic) bond motifs is 4. The molecule has 25 heavy (non-hydrogen) atoms. The van der Waals surface area contributed by atoms with Crippen LogP contribution in [0.1, 0.15) is 10.4 Å². The molecule has 0 aromatic heterocycles. The van der Waals surface area contributed by atoms with Gasteiger partial charge < -0.3 is 36.3 Å². The van der Waals surface area contributed by atoms with Crippen LogP contribution < -0.4 is 36.3 Å². The Bertz CT molecular complexity index is 884. The molecule has 0 bridgehead atoms. The number of nitrogens with zero attached hydrogens (tertiary/aromatic N) is 3. The molecular formula is C18H15BrN3O3-. The first-order valence-corrected chi connectivity index (χ1v) is 7.93. The molecule has 2 aromatic rings. The van der Waals surface area contributed by atoms with E-state index in [9.17, 15) is 4.79 Å². The predicted molar refractivity (Wildman–Crippen MR) is 90.3 cm³/mol. The summed E-state index contributed by atoms with van der Waals surface area (Å²) in [7, 11) is 0. The second kappa shape index (κ2) is 6.07. The van der Waals surface area contributed by atoms with Crippen LogP contribution in [0.4, 0.5) is 11.4 Å². The molecule has 0 amide bonds. The fraction of sp³-hybridized carbons (Fsp3) is 0.222. The summed E-state index contributed by atoms with van der Waals surface area (Å²) < 4.78 is 10.7. The lowest BCUT2D eigenvalue weighted by molar-refractivity contribution is -0.0000138. The van der Waals surface area contributed by atoms with Crippen LogP contribution in [0, 0.1) is 0 Å². The van der Waals surface area contributed by atoms with Crippen molar-refractivity contribution in [1.82, 2.24) is 0 Å². The van der Waals surface area contributed by atoms with E-state index in [1.165, 1.54) is 0 Å². The number of benzene rings is 2. The van der Waals surface area contributed by atoms with Crippen LogP contribution in [0.25, 0.3) is 0 Å². The third-order valence-electron chi connectivity index (χ3n) is 4.52. The van der Waals surface area contributed by atoms with Gasteiger partial charge in [0.2, 0.25) is 12.8 Å². The van der Waals surface area contributed by atoms with Gasteiger partial charge in [-0.2, -0.15) is 0 Å². The Morgan fingerprint density at radius 2 is 1.88 bits per heavy atom. The number of aliphatic imine (C=N–C) groups is 1. The van der Waals surface area contributed by atoms with Crippen LogP contribution >= 0.6 is 0 Å². The lowest BCUT2D eigenvalue weighted by atomic mass is 10.1. The zero-order chi connectivity index (χ0) is 16.1. The number of para-hydroxylation sites is 2. The second-order valence-electron chi connectivity index (χ2n) is 5.90. The molecule has 5 rings (SSSR count). The van der Waals surface area contributed by atoms with E-state index in [1.54, 1.807) is 18.2 Å². The van der Waals surface area contributed by atoms with Crippen molar-refractivity contribution in [3.8, 4) is 11.5 Å². The standard InChI is InChI=1S/C18H15N3O3.BrH/c22-15(12-5-6-16-17(9-12)24-11-23-16)10-21-14-4-2-1-3-13(14)20-8-7-19-18(20)21;/h1-6,9H,7-8,10-11H2;1H/p-1. The molecule has 128 valence electrons. The van der Waals surface area contributed by atoms with Gasteiger partial charge in [0.25, 0.3) is 0 Å². The number of ether oxygens (including phenoxy) is 2. The monoisotopic (exact) mass is 400 g/mol. The van der Waals surface area contributed by atoms with Crippen molar-refractivity contribution in [3.63, 3.8) is 0 Å². The van der Waals surface area contributed by atoms with Gasteiger partial charge in [-0.3, -0.25) is 9.79 Å². The molecule has 0 saturated heterocycles. The first kappa shape index (κ1) is 16.0. The average Bonchev–Trinajstić information content (AvgIpc) is 3.31. The minimum Gasteiger partial charge on any atom is -1.00 e. The summed E-state index contributed by atoms with van der Waals surface area (Å²) in [5.41, 5.74) is 2.77. The van der Waals surface area contributed by atoms with Gasteiger partial charge in [0, 0.05) is 12.1 Å². The van der Waals surface area contributed by atoms with Crippen molar-refractivity contribution in [2.75, 3.05) is 36.2 Å². The fourth-order valence-electron chi connectivity index (χ4n) is 3.38. The predicted octanol–water partition coefficient (Wildman–Crippen LogP) is -0.702. The summed E-state index contributed by atoms with van der Waals surface area (Å²) in [6.07, 6.45) is 0. The summed E-state index contributed by atoms with van der Waals surface area (Å²) in [5.74, 6) is 2.21. The van der Waals surface area contributed by atoms with Gasteiger partial charge in [-0.15, -0.1) is 0 Å². The highest BCUT2D eigenvalue weighted by Gasteiger charge is 2.36. The van der Waals surface area contributed by atoms with Crippen LogP contribution in [-0.4, -0.2) is 38.2 Å². The van der Waals surface area contributed by atoms with Gasteiger partial charge in [0.05, 0.1) is 24.5 Å². The van der Waals surface area contributed by atoms with Crippen LogP contribution in [0.2, 0.25) is 0 Å². The van der Waals surface area contributed by atoms with Crippen LogP contribution in [0.3, 0.4) is 0 Å². The lowest BCUT2D eigenvalue weighted by Gasteiger charge is -2.18. The van der Waals surface area contributed by atoms with Gasteiger partial charge >= 0.3 is 0 Å². The maximum Gasteiger partial charge on any atom is 0.231 e. The van der Waals surface area contributed by atoms with Crippen molar-refractivity contribution < 1.29 is 31.2 Å². The van der Waals surface area contributed by atoms with E-state index >= 15 is 0 Å². The van der Waals surface area contributed by atoms with E-state index in [4.69, 9.17) is 9.47 Å². The molecule has 0 saturated carbocycles. The third kappa shape index (κ3) is 2.46. The smallest absolute Gasteiger partial charge is 0.231 e. The van der Waals surface area contributed by atoms with E-state index in [2.05, 4.69) is 16.0 Å². The third-order valence-corrected chi connectivity index (χ3v) is 4.52. The van der Waals surface area contributed by atoms with Crippen molar-refractivity contribution in [2.24, 2.45) is 4.99 Å². The Kier molecular flexibility index (Phi) is 3.88. The van der Waals surface area contributed by atoms with E-state index in [-0.39, 0.29) is 36.1 Å². The van der Waals surface area contributed by atoms with E-state index in [1.807, 2.05) is 23.1 Å². The number of hydrogen-bond acceptors (Lipinski definition) is 6. The van der Waals surface area contributed by atoms with Crippen molar-refractivity contribution >= 4 is 23.1 Å². The summed E-state index contributed by atoms with van der Waals surface area (Å²) >= 11 is 0. The van der Waals surface area contributed by atoms with Crippen molar-refractivity contribution in [3.05, 3.63) is 48.0 Å². The summed E-state index contributed by atoms with van der Waals surface area (Å²) in [6, 6.07) is 13.4. The number of rotatable bonds is 3. The number of guanidine groups is 1. The topological polar surface area (TPSA) is 54.4 Å². The molecule has 0 unspecified atom stereocenters. The molecule has 0 spiro atoms. The Hall–Kier alpha value is -2.54. The Labute approximate surface area is 155 Å². The first-order valence-electron chi connectivity index (χ1n) is 7.93. The first-order chi connectivity index (χ1) is 11.8. The maximum atomic E-state index is 12.8. The molecule has 7 heteroatoms. The number of anilines is 2. The Balaban J connectivity index is 0.00000157. The molecule has 3 heterocycles. The van der Waals surface area contributed by atoms with Crippen molar-refractivity contribution in [2.45, 2.75) is 0 Å². The number of ketones is 1. The minimum absolute atomic E-state index is 0. The molecule has 3 aliphatic heterocycles. The summed E-state index contributed by atoms with van der Waals surface area (Å²) in [4.78, 5) is 21.5. The van der Waals surface area contributed by atoms with Gasteiger partial charge in [0.1, 0.15) is 0 Å². The van der Waals surface area contributed by atoms with Gasteiger partial charge in [-0.05, 0) is 30.3 Å². The zero-order valence-electron chi connectivity index (χ0n) is 13.3. The molecule has 0 atom stereocenters. The van der Waals surface area contributed by atoms with Crippen LogP contribution in [-0.2, 0) is 0 Å². The molecule has 2 aromatic carbocycles. The second-order valence-corrected chi connectivity index (χ2v) is 5.90.